The van der Waals surface area contributed by atoms with E-state index in [1.165, 1.54) is 173 Å². The Balaban J connectivity index is 2.19. The summed E-state index contributed by atoms with van der Waals surface area (Å²) in [5.74, 6) is -0.143. The number of amides is 1. The smallest absolute Gasteiger partial charge is 0.220 e. The summed E-state index contributed by atoms with van der Waals surface area (Å²) in [5.41, 5.74) is 0. The molecule has 0 aromatic carbocycles. The van der Waals surface area contributed by atoms with Gasteiger partial charge in [0.2, 0.25) is 5.91 Å². The van der Waals surface area contributed by atoms with Gasteiger partial charge in [0.05, 0.1) is 25.4 Å². The monoisotopic (exact) mass is 960 g/mol. The lowest BCUT2D eigenvalue weighted by Crippen LogP contribution is -2.60. The number of rotatable bonds is 49. The van der Waals surface area contributed by atoms with E-state index in [0.29, 0.717) is 12.8 Å². The van der Waals surface area contributed by atoms with Crippen molar-refractivity contribution >= 4 is 5.91 Å². The van der Waals surface area contributed by atoms with Crippen LogP contribution >= 0.6 is 0 Å². The van der Waals surface area contributed by atoms with E-state index < -0.39 is 49.5 Å². The van der Waals surface area contributed by atoms with Gasteiger partial charge in [0.25, 0.3) is 0 Å². The molecule has 7 atom stereocenters. The average molecular weight is 961 g/mol. The van der Waals surface area contributed by atoms with E-state index in [2.05, 4.69) is 67.8 Å². The summed E-state index contributed by atoms with van der Waals surface area (Å²) in [6.45, 7) is 3.75. The standard InChI is InChI=1S/C59H109NO8/c1-3-5-7-9-11-13-15-17-19-21-23-24-25-26-27-28-29-30-31-33-35-37-39-41-43-45-47-49-55(63)60-52(51-67-59-58(66)57(65)56(64)54(50-61)68-59)53(62)48-46-44-42-40-38-36-34-32-22-20-18-16-14-12-10-8-6-4-2/h5,7,11,13,17,19,23-24,52-54,56-59,61-62,64-66H,3-4,6,8-10,12,14-16,18,20-22,25-51H2,1-2H3,(H,60,63)/b7-5-,13-11-,19-17-,24-23-. The Hall–Kier alpha value is -1.85. The van der Waals surface area contributed by atoms with Crippen molar-refractivity contribution in [1.29, 1.82) is 0 Å². The van der Waals surface area contributed by atoms with Gasteiger partial charge in [-0.2, -0.15) is 0 Å². The van der Waals surface area contributed by atoms with Crippen molar-refractivity contribution in [3.8, 4) is 0 Å². The largest absolute Gasteiger partial charge is 0.394 e. The molecule has 0 spiro atoms. The molecule has 0 aliphatic carbocycles. The summed E-state index contributed by atoms with van der Waals surface area (Å²) < 4.78 is 11.3. The summed E-state index contributed by atoms with van der Waals surface area (Å²) >= 11 is 0. The van der Waals surface area contributed by atoms with Crippen LogP contribution in [0.25, 0.3) is 0 Å². The van der Waals surface area contributed by atoms with E-state index in [4.69, 9.17) is 9.47 Å². The highest BCUT2D eigenvalue weighted by Crippen LogP contribution is 2.23. The Bertz CT molecular complexity index is 1210. The molecule has 0 aromatic rings. The molecular formula is C59H109NO8. The van der Waals surface area contributed by atoms with Crippen LogP contribution in [0.3, 0.4) is 0 Å². The number of nitrogens with one attached hydrogen (secondary N) is 1. The van der Waals surface area contributed by atoms with E-state index in [0.717, 1.165) is 64.2 Å². The summed E-state index contributed by atoms with van der Waals surface area (Å²) in [6, 6.07) is -0.720. The molecule has 9 heteroatoms. The predicted octanol–water partition coefficient (Wildman–Crippen LogP) is 14.1. The molecule has 398 valence electrons. The van der Waals surface area contributed by atoms with E-state index >= 15 is 0 Å². The SMILES string of the molecule is CC/C=C\C/C=C\C/C=C\C/C=C\CCCCCCCCCCCCCCCCC(=O)NC(COC1OC(CO)C(O)C(O)C1O)C(O)CCCCCCCCCCCCCCCCCCCC. The Morgan fingerprint density at radius 2 is 0.912 bits per heavy atom. The number of aliphatic hydroxyl groups is 5. The molecule has 1 rings (SSSR count). The maximum atomic E-state index is 13.1. The van der Waals surface area contributed by atoms with Crippen LogP contribution in [0.2, 0.25) is 0 Å². The highest BCUT2D eigenvalue weighted by molar-refractivity contribution is 5.76. The number of allylic oxidation sites excluding steroid dienone is 8. The summed E-state index contributed by atoms with van der Waals surface area (Å²) in [6.07, 6.45) is 57.0. The zero-order chi connectivity index (χ0) is 49.4. The maximum Gasteiger partial charge on any atom is 0.220 e. The van der Waals surface area contributed by atoms with Gasteiger partial charge in [0.1, 0.15) is 24.4 Å². The molecule has 0 radical (unpaired) electrons. The molecule has 1 amide bonds. The second-order valence-corrected chi connectivity index (χ2v) is 20.1. The zero-order valence-corrected chi connectivity index (χ0v) is 44.1. The number of aliphatic hydroxyl groups excluding tert-OH is 5. The third-order valence-electron chi connectivity index (χ3n) is 13.7. The third kappa shape index (κ3) is 37.9. The van der Waals surface area contributed by atoms with Gasteiger partial charge in [0, 0.05) is 6.42 Å². The van der Waals surface area contributed by atoms with Gasteiger partial charge in [-0.1, -0.05) is 255 Å². The van der Waals surface area contributed by atoms with Crippen molar-refractivity contribution in [1.82, 2.24) is 5.32 Å². The van der Waals surface area contributed by atoms with E-state index in [1.807, 2.05) is 0 Å². The molecule has 1 saturated heterocycles. The normalized spacial score (nSPS) is 19.9. The van der Waals surface area contributed by atoms with Gasteiger partial charge in [-0.25, -0.2) is 0 Å². The number of carbonyl (C=O) groups excluding carboxylic acids is 1. The molecule has 9 nitrogen and oxygen atoms in total. The predicted molar refractivity (Wildman–Crippen MR) is 286 cm³/mol. The van der Waals surface area contributed by atoms with Crippen LogP contribution in [0.15, 0.2) is 48.6 Å². The van der Waals surface area contributed by atoms with Crippen molar-refractivity contribution < 1.29 is 39.8 Å². The molecular weight excluding hydrogens is 851 g/mol. The molecule has 6 N–H and O–H groups in total. The lowest BCUT2D eigenvalue weighted by molar-refractivity contribution is -0.302. The van der Waals surface area contributed by atoms with Crippen molar-refractivity contribution in [3.05, 3.63) is 48.6 Å². The number of ether oxygens (including phenoxy) is 2. The molecule has 1 heterocycles. The van der Waals surface area contributed by atoms with Gasteiger partial charge < -0.3 is 40.3 Å². The van der Waals surface area contributed by atoms with E-state index in [1.54, 1.807) is 0 Å². The van der Waals surface area contributed by atoms with Crippen molar-refractivity contribution in [2.75, 3.05) is 13.2 Å². The molecule has 68 heavy (non-hydrogen) atoms. The molecule has 0 bridgehead atoms. The number of hydrogen-bond acceptors (Lipinski definition) is 8. The van der Waals surface area contributed by atoms with Crippen LogP contribution in [-0.2, 0) is 14.3 Å². The van der Waals surface area contributed by atoms with Gasteiger partial charge in [-0.05, 0) is 51.4 Å². The lowest BCUT2D eigenvalue weighted by atomic mass is 9.99. The Morgan fingerprint density at radius 1 is 0.515 bits per heavy atom. The number of carbonyl (C=O) groups is 1. The molecule has 0 aromatic heterocycles. The van der Waals surface area contributed by atoms with Crippen LogP contribution in [0.1, 0.15) is 264 Å². The molecule has 1 aliphatic heterocycles. The molecule has 1 aliphatic rings. The number of hydrogen-bond donors (Lipinski definition) is 6. The first-order valence-corrected chi connectivity index (χ1v) is 28.8. The first-order chi connectivity index (χ1) is 33.3. The van der Waals surface area contributed by atoms with Crippen molar-refractivity contribution in [2.45, 2.75) is 307 Å². The second kappa shape index (κ2) is 48.8. The van der Waals surface area contributed by atoms with Crippen LogP contribution in [0, 0.1) is 0 Å². The van der Waals surface area contributed by atoms with Crippen molar-refractivity contribution in [2.24, 2.45) is 0 Å². The minimum atomic E-state index is -1.55. The summed E-state index contributed by atoms with van der Waals surface area (Å²) in [7, 11) is 0. The van der Waals surface area contributed by atoms with Gasteiger partial charge in [0.15, 0.2) is 6.29 Å². The first kappa shape index (κ1) is 64.2. The quantitative estimate of drug-likeness (QED) is 0.0261. The van der Waals surface area contributed by atoms with Crippen LogP contribution in [0.5, 0.6) is 0 Å². The molecule has 7 unspecified atom stereocenters. The maximum absolute atomic E-state index is 13.1. The van der Waals surface area contributed by atoms with E-state index in [9.17, 15) is 30.3 Å². The van der Waals surface area contributed by atoms with Crippen LogP contribution < -0.4 is 5.32 Å². The Morgan fingerprint density at radius 3 is 1.35 bits per heavy atom. The van der Waals surface area contributed by atoms with Gasteiger partial charge in [-0.3, -0.25) is 4.79 Å². The summed E-state index contributed by atoms with van der Waals surface area (Å²) in [5, 5.41) is 54.7. The Labute approximate surface area is 418 Å². The fourth-order valence-electron chi connectivity index (χ4n) is 9.15. The minimum absolute atomic E-state index is 0.137. The average Bonchev–Trinajstić information content (AvgIpc) is 3.34. The van der Waals surface area contributed by atoms with Crippen LogP contribution in [0.4, 0.5) is 0 Å². The highest BCUT2D eigenvalue weighted by Gasteiger charge is 2.44. The van der Waals surface area contributed by atoms with E-state index in [-0.39, 0.29) is 12.5 Å². The molecule has 1 fully saturated rings. The van der Waals surface area contributed by atoms with Crippen LogP contribution in [-0.4, -0.2) is 87.5 Å². The third-order valence-corrected chi connectivity index (χ3v) is 13.7. The minimum Gasteiger partial charge on any atom is -0.394 e. The first-order valence-electron chi connectivity index (χ1n) is 28.8. The fourth-order valence-corrected chi connectivity index (χ4v) is 9.15. The number of unbranched alkanes of at least 4 members (excludes halogenated alkanes) is 31. The lowest BCUT2D eigenvalue weighted by Gasteiger charge is -2.40. The second-order valence-electron chi connectivity index (χ2n) is 20.1. The Kier molecular flexibility index (Phi) is 46.0. The topological polar surface area (TPSA) is 149 Å². The molecule has 0 saturated carbocycles. The highest BCUT2D eigenvalue weighted by atomic mass is 16.7. The van der Waals surface area contributed by atoms with Gasteiger partial charge >= 0.3 is 0 Å². The fraction of sp³-hybridized carbons (Fsp3) is 0.847. The van der Waals surface area contributed by atoms with Crippen molar-refractivity contribution in [3.63, 3.8) is 0 Å². The summed E-state index contributed by atoms with van der Waals surface area (Å²) in [4.78, 5) is 13.1. The zero-order valence-electron chi connectivity index (χ0n) is 44.1. The van der Waals surface area contributed by atoms with Gasteiger partial charge in [-0.15, -0.1) is 0 Å².